The van der Waals surface area contributed by atoms with Crippen LogP contribution in [0.3, 0.4) is 0 Å². The Hall–Kier alpha value is -1.28. The van der Waals surface area contributed by atoms with Crippen molar-refractivity contribution < 1.29 is 0 Å². The molecule has 0 spiro atoms. The van der Waals surface area contributed by atoms with E-state index >= 15 is 0 Å². The highest BCUT2D eigenvalue weighted by molar-refractivity contribution is 7.19. The molecule has 5 rings (SSSR count). The third kappa shape index (κ3) is 5.27. The summed E-state index contributed by atoms with van der Waals surface area (Å²) in [5.41, 5.74) is 1.53. The standard InChI is InChI=1S/C25H40N6S/c1-19-8-12-31(13-9-19)18-22-27-24(23-20-6-5-7-21(20)32-25(23)28-22)26-10-3-4-11-30-16-14-29(2)15-17-30/h19H,3-18H2,1-2H3,(H,26,27,28). The summed E-state index contributed by atoms with van der Waals surface area (Å²) in [7, 11) is 2.23. The molecule has 0 saturated carbocycles. The Morgan fingerprint density at radius 2 is 1.78 bits per heavy atom. The van der Waals surface area contributed by atoms with Crippen LogP contribution in [0.2, 0.25) is 0 Å². The number of nitrogens with zero attached hydrogens (tertiary/aromatic N) is 5. The average Bonchev–Trinajstić information content (AvgIpc) is 3.37. The first-order valence-electron chi connectivity index (χ1n) is 12.8. The van der Waals surface area contributed by atoms with E-state index in [0.717, 1.165) is 30.6 Å². The van der Waals surface area contributed by atoms with Gasteiger partial charge in [0.1, 0.15) is 16.5 Å². The minimum Gasteiger partial charge on any atom is -0.369 e. The third-order valence-corrected chi connectivity index (χ3v) is 8.83. The monoisotopic (exact) mass is 456 g/mol. The number of fused-ring (bicyclic) bond motifs is 3. The van der Waals surface area contributed by atoms with Crippen LogP contribution in [-0.2, 0) is 19.4 Å². The number of aromatic nitrogens is 2. The summed E-state index contributed by atoms with van der Waals surface area (Å²) in [6, 6.07) is 0. The third-order valence-electron chi connectivity index (χ3n) is 7.64. The summed E-state index contributed by atoms with van der Waals surface area (Å²) in [6.07, 6.45) is 8.76. The van der Waals surface area contributed by atoms with Crippen LogP contribution in [0, 0.1) is 5.92 Å². The molecule has 7 heteroatoms. The maximum atomic E-state index is 5.09. The number of anilines is 1. The summed E-state index contributed by atoms with van der Waals surface area (Å²) in [6.45, 7) is 12.7. The van der Waals surface area contributed by atoms with Gasteiger partial charge in [-0.3, -0.25) is 4.90 Å². The zero-order valence-electron chi connectivity index (χ0n) is 20.0. The van der Waals surface area contributed by atoms with Crippen molar-refractivity contribution in [1.29, 1.82) is 0 Å². The average molecular weight is 457 g/mol. The van der Waals surface area contributed by atoms with Crippen LogP contribution in [-0.4, -0.2) is 84.1 Å². The number of thiophene rings is 1. The molecule has 2 aliphatic heterocycles. The molecule has 0 aromatic carbocycles. The van der Waals surface area contributed by atoms with Crippen molar-refractivity contribution in [3.63, 3.8) is 0 Å². The van der Waals surface area contributed by atoms with Crippen LogP contribution in [0.4, 0.5) is 5.82 Å². The van der Waals surface area contributed by atoms with E-state index < -0.39 is 0 Å². The van der Waals surface area contributed by atoms with E-state index in [2.05, 4.69) is 34.0 Å². The minimum atomic E-state index is 0.859. The quantitative estimate of drug-likeness (QED) is 0.609. The summed E-state index contributed by atoms with van der Waals surface area (Å²) in [5.74, 6) is 2.97. The van der Waals surface area contributed by atoms with Gasteiger partial charge in [-0.05, 0) is 83.1 Å². The van der Waals surface area contributed by atoms with Gasteiger partial charge in [0.15, 0.2) is 0 Å². The topological polar surface area (TPSA) is 47.5 Å². The molecule has 2 aromatic rings. The maximum Gasteiger partial charge on any atom is 0.146 e. The number of aryl methyl sites for hydroxylation is 2. The highest BCUT2D eigenvalue weighted by Crippen LogP contribution is 2.39. The van der Waals surface area contributed by atoms with Gasteiger partial charge >= 0.3 is 0 Å². The van der Waals surface area contributed by atoms with Crippen LogP contribution in [0.15, 0.2) is 0 Å². The molecule has 0 bridgehead atoms. The van der Waals surface area contributed by atoms with Crippen molar-refractivity contribution in [3.8, 4) is 0 Å². The van der Waals surface area contributed by atoms with E-state index in [-0.39, 0.29) is 0 Å². The Balaban J connectivity index is 1.22. The smallest absolute Gasteiger partial charge is 0.146 e. The molecule has 2 fully saturated rings. The number of likely N-dealkylation sites (tertiary alicyclic amines) is 1. The Kier molecular flexibility index (Phi) is 7.26. The Morgan fingerprint density at radius 3 is 2.59 bits per heavy atom. The molecule has 2 aromatic heterocycles. The molecule has 2 saturated heterocycles. The van der Waals surface area contributed by atoms with Gasteiger partial charge in [-0.2, -0.15) is 0 Å². The van der Waals surface area contributed by atoms with E-state index in [1.807, 2.05) is 11.3 Å². The lowest BCUT2D eigenvalue weighted by Gasteiger charge is -2.32. The van der Waals surface area contributed by atoms with Crippen LogP contribution in [0.1, 0.15) is 55.3 Å². The van der Waals surface area contributed by atoms with E-state index in [4.69, 9.17) is 9.97 Å². The molecule has 3 aliphatic rings. The molecular formula is C25H40N6S. The second kappa shape index (κ2) is 10.3. The molecule has 0 atom stereocenters. The lowest BCUT2D eigenvalue weighted by molar-refractivity contribution is 0.152. The van der Waals surface area contributed by atoms with Crippen molar-refractivity contribution in [2.75, 3.05) is 64.7 Å². The predicted octanol–water partition coefficient (Wildman–Crippen LogP) is 3.85. The largest absolute Gasteiger partial charge is 0.369 e. The molecule has 0 amide bonds. The summed E-state index contributed by atoms with van der Waals surface area (Å²) >= 11 is 1.92. The molecule has 0 unspecified atom stereocenters. The summed E-state index contributed by atoms with van der Waals surface area (Å²) in [4.78, 5) is 20.5. The van der Waals surface area contributed by atoms with Crippen molar-refractivity contribution in [3.05, 3.63) is 16.3 Å². The second-order valence-electron chi connectivity index (χ2n) is 10.3. The number of likely N-dealkylation sites (N-methyl/N-ethyl adjacent to an activating group) is 1. The van der Waals surface area contributed by atoms with Gasteiger partial charge in [-0.15, -0.1) is 11.3 Å². The molecular weight excluding hydrogens is 416 g/mol. The number of piperidine rings is 1. The van der Waals surface area contributed by atoms with Gasteiger partial charge in [0.05, 0.1) is 11.9 Å². The van der Waals surface area contributed by atoms with Crippen LogP contribution < -0.4 is 5.32 Å². The highest BCUT2D eigenvalue weighted by Gasteiger charge is 2.23. The number of hydrogen-bond donors (Lipinski definition) is 1. The first-order chi connectivity index (χ1) is 15.7. The highest BCUT2D eigenvalue weighted by atomic mass is 32.1. The number of hydrogen-bond acceptors (Lipinski definition) is 7. The molecule has 1 N–H and O–H groups in total. The zero-order chi connectivity index (χ0) is 21.9. The molecule has 0 radical (unpaired) electrons. The fourth-order valence-electron chi connectivity index (χ4n) is 5.40. The molecule has 32 heavy (non-hydrogen) atoms. The van der Waals surface area contributed by atoms with Crippen molar-refractivity contribution in [2.24, 2.45) is 5.92 Å². The molecule has 176 valence electrons. The summed E-state index contributed by atoms with van der Waals surface area (Å²) < 4.78 is 0. The van der Waals surface area contributed by atoms with E-state index in [9.17, 15) is 0 Å². The fraction of sp³-hybridized carbons (Fsp3) is 0.760. The lowest BCUT2D eigenvalue weighted by atomic mass is 9.99. The SMILES string of the molecule is CC1CCN(Cc2nc(NCCCCN3CCN(C)CC3)c3c4c(sc3n2)CCC4)CC1. The van der Waals surface area contributed by atoms with Crippen LogP contribution in [0.5, 0.6) is 0 Å². The lowest BCUT2D eigenvalue weighted by Crippen LogP contribution is -2.44. The van der Waals surface area contributed by atoms with Gasteiger partial charge in [-0.25, -0.2) is 9.97 Å². The number of rotatable bonds is 8. The van der Waals surface area contributed by atoms with Crippen LogP contribution in [0.25, 0.3) is 10.2 Å². The minimum absolute atomic E-state index is 0.859. The van der Waals surface area contributed by atoms with Gasteiger partial charge in [0.2, 0.25) is 0 Å². The van der Waals surface area contributed by atoms with Crippen LogP contribution >= 0.6 is 11.3 Å². The Morgan fingerprint density at radius 1 is 0.969 bits per heavy atom. The van der Waals surface area contributed by atoms with E-state index in [0.29, 0.717) is 0 Å². The first-order valence-corrected chi connectivity index (χ1v) is 13.7. The molecule has 6 nitrogen and oxygen atoms in total. The maximum absolute atomic E-state index is 5.09. The number of unbranched alkanes of at least 4 members (excludes halogenated alkanes) is 1. The summed E-state index contributed by atoms with van der Waals surface area (Å²) in [5, 5.41) is 5.07. The van der Waals surface area contributed by atoms with Gasteiger partial charge in [0.25, 0.3) is 0 Å². The second-order valence-corrected chi connectivity index (χ2v) is 11.3. The molecule has 1 aliphatic carbocycles. The van der Waals surface area contributed by atoms with Crippen molar-refractivity contribution >= 4 is 27.4 Å². The fourth-order valence-corrected chi connectivity index (χ4v) is 6.68. The van der Waals surface area contributed by atoms with Crippen molar-refractivity contribution in [1.82, 2.24) is 24.7 Å². The number of piperazine rings is 1. The zero-order valence-corrected chi connectivity index (χ0v) is 20.9. The van der Waals surface area contributed by atoms with Gasteiger partial charge in [0, 0.05) is 37.6 Å². The Labute approximate surface area is 197 Å². The van der Waals surface area contributed by atoms with Gasteiger partial charge in [-0.1, -0.05) is 6.92 Å². The number of nitrogens with one attached hydrogen (secondary N) is 1. The Bertz CT molecular complexity index is 895. The predicted molar refractivity (Wildman–Crippen MR) is 135 cm³/mol. The van der Waals surface area contributed by atoms with Gasteiger partial charge < -0.3 is 15.1 Å². The normalized spacial score (nSPS) is 21.4. The molecule has 4 heterocycles. The van der Waals surface area contributed by atoms with E-state index in [1.165, 1.54) is 107 Å². The van der Waals surface area contributed by atoms with E-state index in [1.54, 1.807) is 4.88 Å². The van der Waals surface area contributed by atoms with Crippen molar-refractivity contribution in [2.45, 2.75) is 58.4 Å². The first kappa shape index (κ1) is 22.5.